The van der Waals surface area contributed by atoms with Crippen LogP contribution in [-0.2, 0) is 11.8 Å². The van der Waals surface area contributed by atoms with E-state index in [4.69, 9.17) is 5.73 Å². The summed E-state index contributed by atoms with van der Waals surface area (Å²) in [6, 6.07) is 0.306. The van der Waals surface area contributed by atoms with E-state index in [1.165, 1.54) is 6.42 Å². The molecule has 1 amide bonds. The molecule has 2 rings (SSSR count). The zero-order chi connectivity index (χ0) is 15.6. The van der Waals surface area contributed by atoms with Crippen molar-refractivity contribution >= 4 is 11.6 Å². The standard InChI is InChI=1S/C15H27N5O/c1-10-6-5-7-20(13(10)8-16)9-14(21)17-15-11(2)18-19(4)12(15)3/h10,13H,5-9,16H2,1-4H3,(H,17,21). The zero-order valence-electron chi connectivity index (χ0n) is 13.5. The number of aryl methyl sites for hydroxylation is 2. The highest BCUT2D eigenvalue weighted by atomic mass is 16.2. The van der Waals surface area contributed by atoms with Crippen molar-refractivity contribution < 1.29 is 4.79 Å². The molecule has 2 heterocycles. The summed E-state index contributed by atoms with van der Waals surface area (Å²) < 4.78 is 1.79. The Kier molecular flexibility index (Phi) is 5.00. The van der Waals surface area contributed by atoms with Crippen LogP contribution in [-0.4, -0.2) is 46.3 Å². The number of carbonyl (C=O) groups excluding carboxylic acids is 1. The van der Waals surface area contributed by atoms with Crippen molar-refractivity contribution in [3.05, 3.63) is 11.4 Å². The second-order valence-electron chi connectivity index (χ2n) is 6.11. The number of nitrogens with zero attached hydrogens (tertiary/aromatic N) is 3. The van der Waals surface area contributed by atoms with E-state index in [0.29, 0.717) is 25.0 Å². The Hall–Kier alpha value is -1.40. The van der Waals surface area contributed by atoms with E-state index in [-0.39, 0.29) is 5.91 Å². The average molecular weight is 293 g/mol. The van der Waals surface area contributed by atoms with Gasteiger partial charge in [-0.05, 0) is 39.2 Å². The van der Waals surface area contributed by atoms with Crippen molar-refractivity contribution in [2.24, 2.45) is 18.7 Å². The number of aromatic nitrogens is 2. The van der Waals surface area contributed by atoms with E-state index in [1.807, 2.05) is 20.9 Å². The smallest absolute Gasteiger partial charge is 0.238 e. The summed E-state index contributed by atoms with van der Waals surface area (Å²) in [6.07, 6.45) is 2.33. The molecule has 0 aromatic carbocycles. The van der Waals surface area contributed by atoms with Crippen molar-refractivity contribution in [2.75, 3.05) is 25.0 Å². The maximum absolute atomic E-state index is 12.3. The molecule has 0 radical (unpaired) electrons. The predicted molar refractivity (Wildman–Crippen MR) is 84.1 cm³/mol. The van der Waals surface area contributed by atoms with Crippen LogP contribution in [0.5, 0.6) is 0 Å². The van der Waals surface area contributed by atoms with Gasteiger partial charge in [-0.25, -0.2) is 0 Å². The van der Waals surface area contributed by atoms with Gasteiger partial charge < -0.3 is 11.1 Å². The lowest BCUT2D eigenvalue weighted by atomic mass is 9.91. The van der Waals surface area contributed by atoms with Gasteiger partial charge in [0.15, 0.2) is 0 Å². The highest BCUT2D eigenvalue weighted by molar-refractivity contribution is 5.93. The van der Waals surface area contributed by atoms with E-state index >= 15 is 0 Å². The van der Waals surface area contributed by atoms with Crippen molar-refractivity contribution in [2.45, 2.75) is 39.7 Å². The number of nitrogens with one attached hydrogen (secondary N) is 1. The first-order valence-electron chi connectivity index (χ1n) is 7.68. The Balaban J connectivity index is 2.01. The molecule has 1 aromatic rings. The van der Waals surface area contributed by atoms with Gasteiger partial charge in [0.1, 0.15) is 0 Å². The molecule has 1 aliphatic heterocycles. The minimum absolute atomic E-state index is 0.0155. The molecule has 0 bridgehead atoms. The largest absolute Gasteiger partial charge is 0.329 e. The molecule has 21 heavy (non-hydrogen) atoms. The number of hydrogen-bond donors (Lipinski definition) is 2. The second kappa shape index (κ2) is 6.58. The third-order valence-corrected chi connectivity index (χ3v) is 4.59. The quantitative estimate of drug-likeness (QED) is 0.869. The number of carbonyl (C=O) groups is 1. The van der Waals surface area contributed by atoms with Crippen LogP contribution in [0.3, 0.4) is 0 Å². The molecular formula is C15H27N5O. The maximum atomic E-state index is 12.3. The molecule has 1 fully saturated rings. The molecule has 0 aliphatic carbocycles. The zero-order valence-corrected chi connectivity index (χ0v) is 13.5. The summed E-state index contributed by atoms with van der Waals surface area (Å²) in [5.74, 6) is 0.570. The summed E-state index contributed by atoms with van der Waals surface area (Å²) in [7, 11) is 1.88. The van der Waals surface area contributed by atoms with Gasteiger partial charge in [-0.1, -0.05) is 6.92 Å². The maximum Gasteiger partial charge on any atom is 0.238 e. The monoisotopic (exact) mass is 293 g/mol. The molecule has 3 N–H and O–H groups in total. The van der Waals surface area contributed by atoms with Gasteiger partial charge in [-0.3, -0.25) is 14.4 Å². The summed E-state index contributed by atoms with van der Waals surface area (Å²) in [6.45, 7) is 8.05. The number of anilines is 1. The second-order valence-corrected chi connectivity index (χ2v) is 6.11. The fraction of sp³-hybridized carbons (Fsp3) is 0.733. The Bertz CT molecular complexity index is 510. The van der Waals surface area contributed by atoms with Crippen molar-refractivity contribution in [3.63, 3.8) is 0 Å². The highest BCUT2D eigenvalue weighted by Gasteiger charge is 2.28. The van der Waals surface area contributed by atoms with E-state index < -0.39 is 0 Å². The lowest BCUT2D eigenvalue weighted by Gasteiger charge is -2.38. The lowest BCUT2D eigenvalue weighted by Crippen LogP contribution is -2.51. The van der Waals surface area contributed by atoms with E-state index in [1.54, 1.807) is 4.68 Å². The van der Waals surface area contributed by atoms with Gasteiger partial charge in [0.05, 0.1) is 23.6 Å². The van der Waals surface area contributed by atoms with Gasteiger partial charge in [-0.2, -0.15) is 5.10 Å². The number of rotatable bonds is 4. The van der Waals surface area contributed by atoms with Gasteiger partial charge in [0.25, 0.3) is 0 Å². The van der Waals surface area contributed by atoms with Crippen molar-refractivity contribution in [1.82, 2.24) is 14.7 Å². The average Bonchev–Trinajstić information content (AvgIpc) is 2.66. The van der Waals surface area contributed by atoms with Crippen LogP contribution < -0.4 is 11.1 Å². The predicted octanol–water partition coefficient (Wildman–Crippen LogP) is 1.03. The molecule has 2 unspecified atom stereocenters. The number of amides is 1. The first-order chi connectivity index (χ1) is 9.93. The van der Waals surface area contributed by atoms with Crippen LogP contribution in [0.15, 0.2) is 0 Å². The van der Waals surface area contributed by atoms with Crippen LogP contribution in [0.25, 0.3) is 0 Å². The minimum atomic E-state index is 0.0155. The summed E-state index contributed by atoms with van der Waals surface area (Å²) in [5, 5.41) is 7.32. The van der Waals surface area contributed by atoms with E-state index in [0.717, 1.165) is 30.0 Å². The molecule has 0 saturated carbocycles. The first kappa shape index (κ1) is 16.0. The molecule has 1 aromatic heterocycles. The Morgan fingerprint density at radius 3 is 2.76 bits per heavy atom. The third-order valence-electron chi connectivity index (χ3n) is 4.59. The Morgan fingerprint density at radius 1 is 1.48 bits per heavy atom. The SMILES string of the molecule is Cc1nn(C)c(C)c1NC(=O)CN1CCCC(C)C1CN. The number of likely N-dealkylation sites (tertiary alicyclic amines) is 1. The van der Waals surface area contributed by atoms with Crippen LogP contribution in [0.1, 0.15) is 31.2 Å². The number of nitrogens with two attached hydrogens (primary N) is 1. The molecule has 6 nitrogen and oxygen atoms in total. The molecule has 1 saturated heterocycles. The minimum Gasteiger partial charge on any atom is -0.329 e. The normalized spacial score (nSPS) is 23.3. The topological polar surface area (TPSA) is 76.2 Å². The van der Waals surface area contributed by atoms with Gasteiger partial charge in [0, 0.05) is 19.6 Å². The Morgan fingerprint density at radius 2 is 2.19 bits per heavy atom. The summed E-state index contributed by atoms with van der Waals surface area (Å²) >= 11 is 0. The molecule has 2 atom stereocenters. The third kappa shape index (κ3) is 3.44. The van der Waals surface area contributed by atoms with Crippen molar-refractivity contribution in [3.8, 4) is 0 Å². The van der Waals surface area contributed by atoms with Crippen molar-refractivity contribution in [1.29, 1.82) is 0 Å². The number of piperidine rings is 1. The fourth-order valence-corrected chi connectivity index (χ4v) is 3.23. The summed E-state index contributed by atoms with van der Waals surface area (Å²) in [4.78, 5) is 14.5. The first-order valence-corrected chi connectivity index (χ1v) is 7.68. The Labute approximate surface area is 126 Å². The van der Waals surface area contributed by atoms with Crippen LogP contribution in [0, 0.1) is 19.8 Å². The highest BCUT2D eigenvalue weighted by Crippen LogP contribution is 2.23. The van der Waals surface area contributed by atoms with Gasteiger partial charge in [0.2, 0.25) is 5.91 Å². The van der Waals surface area contributed by atoms with E-state index in [2.05, 4.69) is 22.2 Å². The van der Waals surface area contributed by atoms with Gasteiger partial charge in [-0.15, -0.1) is 0 Å². The fourth-order valence-electron chi connectivity index (χ4n) is 3.23. The van der Waals surface area contributed by atoms with Gasteiger partial charge >= 0.3 is 0 Å². The number of hydrogen-bond acceptors (Lipinski definition) is 4. The molecule has 118 valence electrons. The molecule has 1 aliphatic rings. The van der Waals surface area contributed by atoms with E-state index in [9.17, 15) is 4.79 Å². The summed E-state index contributed by atoms with van der Waals surface area (Å²) in [5.41, 5.74) is 8.54. The van der Waals surface area contributed by atoms with Crippen LogP contribution in [0.2, 0.25) is 0 Å². The lowest BCUT2D eigenvalue weighted by molar-refractivity contribution is -0.118. The molecular weight excluding hydrogens is 266 g/mol. The molecule has 0 spiro atoms. The van der Waals surface area contributed by atoms with Crippen LogP contribution >= 0.6 is 0 Å². The van der Waals surface area contributed by atoms with Crippen LogP contribution in [0.4, 0.5) is 5.69 Å². The molecule has 6 heteroatoms.